The molecule has 0 bridgehead atoms. The van der Waals surface area contributed by atoms with Gasteiger partial charge in [0.15, 0.2) is 0 Å². The smallest absolute Gasteiger partial charge is 0.220 e. The molecule has 1 rings (SSSR count). The van der Waals surface area contributed by atoms with E-state index in [1.807, 2.05) is 0 Å². The summed E-state index contributed by atoms with van der Waals surface area (Å²) >= 11 is 0. The molecule has 1 atom stereocenters. The summed E-state index contributed by atoms with van der Waals surface area (Å²) in [6, 6.07) is 0. The molecule has 1 amide bonds. The van der Waals surface area contributed by atoms with E-state index in [1.165, 1.54) is 64.2 Å². The molecule has 1 heterocycles. The highest BCUT2D eigenvalue weighted by molar-refractivity contribution is 5.78. The van der Waals surface area contributed by atoms with Crippen LogP contribution in [0.1, 0.15) is 77.6 Å². The standard InChI is InChI=1S/C15H29NO/c1-2-3-4-5-6-7-8-9-10-11-14-12-15(17)16-13-14/h14H,2-13H2,1H3,(H,16,17). The number of rotatable bonds is 10. The normalized spacial score (nSPS) is 19.6. The molecule has 1 saturated heterocycles. The van der Waals surface area contributed by atoms with Crippen LogP contribution in [0.2, 0.25) is 0 Å². The second-order valence-electron chi connectivity index (χ2n) is 5.49. The van der Waals surface area contributed by atoms with Crippen LogP contribution in [0.5, 0.6) is 0 Å². The van der Waals surface area contributed by atoms with Gasteiger partial charge >= 0.3 is 0 Å². The number of unbranched alkanes of at least 4 members (excludes halogenated alkanes) is 8. The monoisotopic (exact) mass is 239 g/mol. The first-order chi connectivity index (χ1) is 8.33. The predicted octanol–water partition coefficient (Wildman–Crippen LogP) is 4.04. The van der Waals surface area contributed by atoms with Crippen molar-refractivity contribution in [1.82, 2.24) is 5.32 Å². The average molecular weight is 239 g/mol. The van der Waals surface area contributed by atoms with E-state index >= 15 is 0 Å². The average Bonchev–Trinajstić information content (AvgIpc) is 2.73. The number of hydrogen-bond acceptors (Lipinski definition) is 1. The molecule has 1 unspecified atom stereocenters. The third-order valence-electron chi connectivity index (χ3n) is 3.78. The van der Waals surface area contributed by atoms with Gasteiger partial charge in [-0.25, -0.2) is 0 Å². The van der Waals surface area contributed by atoms with Gasteiger partial charge < -0.3 is 5.32 Å². The van der Waals surface area contributed by atoms with E-state index in [4.69, 9.17) is 0 Å². The first-order valence-electron chi connectivity index (χ1n) is 7.59. The van der Waals surface area contributed by atoms with Gasteiger partial charge in [0, 0.05) is 13.0 Å². The van der Waals surface area contributed by atoms with Crippen molar-refractivity contribution in [2.45, 2.75) is 77.6 Å². The molecule has 0 aromatic rings. The van der Waals surface area contributed by atoms with Crippen molar-refractivity contribution < 1.29 is 4.79 Å². The molecule has 0 aromatic carbocycles. The Hall–Kier alpha value is -0.530. The van der Waals surface area contributed by atoms with Gasteiger partial charge in [0.25, 0.3) is 0 Å². The van der Waals surface area contributed by atoms with E-state index in [0.29, 0.717) is 5.92 Å². The van der Waals surface area contributed by atoms with Gasteiger partial charge in [-0.3, -0.25) is 4.79 Å². The van der Waals surface area contributed by atoms with Crippen LogP contribution in [0.25, 0.3) is 0 Å². The topological polar surface area (TPSA) is 29.1 Å². The van der Waals surface area contributed by atoms with Crippen LogP contribution in [-0.2, 0) is 4.79 Å². The van der Waals surface area contributed by atoms with Gasteiger partial charge in [-0.1, -0.05) is 64.7 Å². The van der Waals surface area contributed by atoms with Gasteiger partial charge in [0.1, 0.15) is 0 Å². The van der Waals surface area contributed by atoms with Crippen LogP contribution in [0.3, 0.4) is 0 Å². The van der Waals surface area contributed by atoms with Gasteiger partial charge in [-0.05, 0) is 12.3 Å². The minimum atomic E-state index is 0.255. The van der Waals surface area contributed by atoms with Crippen molar-refractivity contribution in [2.75, 3.05) is 6.54 Å². The fourth-order valence-electron chi connectivity index (χ4n) is 2.61. The quantitative estimate of drug-likeness (QED) is 0.573. The van der Waals surface area contributed by atoms with Crippen LogP contribution in [0.15, 0.2) is 0 Å². The molecule has 0 aromatic heterocycles. The lowest BCUT2D eigenvalue weighted by Gasteiger charge is -2.06. The molecule has 1 aliphatic heterocycles. The van der Waals surface area contributed by atoms with Crippen molar-refractivity contribution in [3.05, 3.63) is 0 Å². The van der Waals surface area contributed by atoms with E-state index in [2.05, 4.69) is 12.2 Å². The summed E-state index contributed by atoms with van der Waals surface area (Å²) in [5.74, 6) is 0.887. The highest BCUT2D eigenvalue weighted by Crippen LogP contribution is 2.18. The zero-order valence-electron chi connectivity index (χ0n) is 11.5. The zero-order valence-corrected chi connectivity index (χ0v) is 11.5. The first kappa shape index (κ1) is 14.5. The van der Waals surface area contributed by atoms with Crippen LogP contribution >= 0.6 is 0 Å². The molecule has 1 aliphatic rings. The first-order valence-corrected chi connectivity index (χ1v) is 7.59. The van der Waals surface area contributed by atoms with Crippen LogP contribution in [0, 0.1) is 5.92 Å². The second kappa shape index (κ2) is 9.49. The number of hydrogen-bond donors (Lipinski definition) is 1. The number of nitrogens with one attached hydrogen (secondary N) is 1. The lowest BCUT2D eigenvalue weighted by atomic mass is 9.99. The molecule has 0 spiro atoms. The summed E-state index contributed by atoms with van der Waals surface area (Å²) in [4.78, 5) is 11.0. The number of carbonyl (C=O) groups is 1. The molecule has 1 N–H and O–H groups in total. The lowest BCUT2D eigenvalue weighted by Crippen LogP contribution is -2.13. The SMILES string of the molecule is CCCCCCCCCCCC1CNC(=O)C1. The van der Waals surface area contributed by atoms with E-state index in [1.54, 1.807) is 0 Å². The number of carbonyl (C=O) groups excluding carboxylic acids is 1. The Kier molecular flexibility index (Phi) is 8.12. The molecule has 100 valence electrons. The molecule has 0 saturated carbocycles. The predicted molar refractivity (Wildman–Crippen MR) is 73.0 cm³/mol. The molecule has 0 aliphatic carbocycles. The maximum Gasteiger partial charge on any atom is 0.220 e. The van der Waals surface area contributed by atoms with Gasteiger partial charge in [0.05, 0.1) is 0 Å². The molecule has 17 heavy (non-hydrogen) atoms. The van der Waals surface area contributed by atoms with E-state index in [9.17, 15) is 4.79 Å². The maximum atomic E-state index is 11.0. The van der Waals surface area contributed by atoms with Crippen molar-refractivity contribution in [1.29, 1.82) is 0 Å². The Labute approximate surface area is 107 Å². The Bertz CT molecular complexity index is 203. The molecule has 2 nitrogen and oxygen atoms in total. The Balaban J connectivity index is 1.77. The highest BCUT2D eigenvalue weighted by atomic mass is 16.1. The minimum absolute atomic E-state index is 0.255. The lowest BCUT2D eigenvalue weighted by molar-refractivity contribution is -0.119. The maximum absolute atomic E-state index is 11.0. The largest absolute Gasteiger partial charge is 0.356 e. The van der Waals surface area contributed by atoms with E-state index in [-0.39, 0.29) is 5.91 Å². The van der Waals surface area contributed by atoms with Crippen LogP contribution in [0.4, 0.5) is 0 Å². The fourth-order valence-corrected chi connectivity index (χ4v) is 2.61. The third-order valence-corrected chi connectivity index (χ3v) is 3.78. The summed E-state index contributed by atoms with van der Waals surface area (Å²) in [7, 11) is 0. The molecular weight excluding hydrogens is 210 g/mol. The summed E-state index contributed by atoms with van der Waals surface area (Å²) < 4.78 is 0. The fraction of sp³-hybridized carbons (Fsp3) is 0.933. The van der Waals surface area contributed by atoms with Crippen molar-refractivity contribution in [3.63, 3.8) is 0 Å². The third kappa shape index (κ3) is 7.40. The Morgan fingerprint density at radius 2 is 1.59 bits per heavy atom. The van der Waals surface area contributed by atoms with Crippen LogP contribution < -0.4 is 5.32 Å². The summed E-state index contributed by atoms with van der Waals surface area (Å²) in [5, 5.41) is 2.91. The van der Waals surface area contributed by atoms with Crippen molar-refractivity contribution >= 4 is 5.91 Å². The minimum Gasteiger partial charge on any atom is -0.356 e. The number of amides is 1. The zero-order chi connectivity index (χ0) is 12.3. The van der Waals surface area contributed by atoms with Gasteiger partial charge in [0.2, 0.25) is 5.91 Å². The van der Waals surface area contributed by atoms with E-state index < -0.39 is 0 Å². The summed E-state index contributed by atoms with van der Waals surface area (Å²) in [6.45, 7) is 3.19. The molecule has 2 heteroatoms. The Morgan fingerprint density at radius 3 is 2.12 bits per heavy atom. The molecular formula is C15H29NO. The summed E-state index contributed by atoms with van der Waals surface area (Å²) in [5.41, 5.74) is 0. The molecule has 1 fully saturated rings. The van der Waals surface area contributed by atoms with Crippen molar-refractivity contribution in [3.8, 4) is 0 Å². The van der Waals surface area contributed by atoms with Crippen LogP contribution in [-0.4, -0.2) is 12.5 Å². The summed E-state index contributed by atoms with van der Waals surface area (Å²) in [6.07, 6.45) is 14.5. The van der Waals surface area contributed by atoms with E-state index in [0.717, 1.165) is 13.0 Å². The Morgan fingerprint density at radius 1 is 1.00 bits per heavy atom. The molecule has 0 radical (unpaired) electrons. The van der Waals surface area contributed by atoms with Gasteiger partial charge in [-0.2, -0.15) is 0 Å². The van der Waals surface area contributed by atoms with Gasteiger partial charge in [-0.15, -0.1) is 0 Å². The second-order valence-corrected chi connectivity index (χ2v) is 5.49. The van der Waals surface area contributed by atoms with Crippen molar-refractivity contribution in [2.24, 2.45) is 5.92 Å². The highest BCUT2D eigenvalue weighted by Gasteiger charge is 2.20.